The minimum Gasteiger partial charge on any atom is -0.354 e. The highest BCUT2D eigenvalue weighted by atomic mass is 16.2. The molecule has 0 bridgehead atoms. The summed E-state index contributed by atoms with van der Waals surface area (Å²) in [6.45, 7) is 4.06. The second kappa shape index (κ2) is 6.78. The van der Waals surface area contributed by atoms with Gasteiger partial charge in [0.1, 0.15) is 0 Å². The Hall–Kier alpha value is -2.50. The molecule has 2 aromatic rings. The Kier molecular flexibility index (Phi) is 4.81. The molecule has 6 heteroatoms. The van der Waals surface area contributed by atoms with Crippen molar-refractivity contribution in [3.63, 3.8) is 0 Å². The van der Waals surface area contributed by atoms with Crippen molar-refractivity contribution in [1.82, 2.24) is 20.6 Å². The molecule has 0 saturated carbocycles. The number of aromatic nitrogens is 2. The highest BCUT2D eigenvalue weighted by Gasteiger charge is 2.11. The summed E-state index contributed by atoms with van der Waals surface area (Å²) < 4.78 is 0. The van der Waals surface area contributed by atoms with E-state index in [4.69, 9.17) is 0 Å². The molecule has 0 aromatic carbocycles. The van der Waals surface area contributed by atoms with E-state index < -0.39 is 0 Å². The summed E-state index contributed by atoms with van der Waals surface area (Å²) in [5, 5.41) is 6.29. The maximum Gasteiger partial charge on any atom is 0.255 e. The van der Waals surface area contributed by atoms with Crippen molar-refractivity contribution < 1.29 is 9.59 Å². The van der Waals surface area contributed by atoms with Gasteiger partial charge in [-0.05, 0) is 26.0 Å². The maximum absolute atomic E-state index is 12.1. The Morgan fingerprint density at radius 3 is 2.86 bits per heavy atom. The van der Waals surface area contributed by atoms with E-state index in [1.54, 1.807) is 18.5 Å². The number of nitrogens with one attached hydrogen (secondary N) is 2. The summed E-state index contributed by atoms with van der Waals surface area (Å²) in [5.74, 6) is -0.358. The predicted octanol–water partition coefficient (Wildman–Crippen LogP) is 1.27. The Labute approximate surface area is 123 Å². The molecule has 0 saturated heterocycles. The van der Waals surface area contributed by atoms with Gasteiger partial charge in [-0.25, -0.2) is 0 Å². The predicted molar refractivity (Wildman–Crippen MR) is 79.8 cm³/mol. The zero-order chi connectivity index (χ0) is 15.2. The van der Waals surface area contributed by atoms with Gasteiger partial charge in [-0.15, -0.1) is 0 Å². The van der Waals surface area contributed by atoms with E-state index in [0.717, 1.165) is 5.39 Å². The average Bonchev–Trinajstić information content (AvgIpc) is 2.45. The van der Waals surface area contributed by atoms with Crippen LogP contribution < -0.4 is 10.6 Å². The molecule has 0 aliphatic carbocycles. The van der Waals surface area contributed by atoms with E-state index >= 15 is 0 Å². The third-order valence-corrected chi connectivity index (χ3v) is 2.84. The first-order valence-electron chi connectivity index (χ1n) is 6.84. The van der Waals surface area contributed by atoms with E-state index in [9.17, 15) is 9.59 Å². The Morgan fingerprint density at radius 1 is 1.29 bits per heavy atom. The van der Waals surface area contributed by atoms with Gasteiger partial charge in [0.2, 0.25) is 5.91 Å². The minimum absolute atomic E-state index is 0.0838. The number of nitrogens with zero attached hydrogens (tertiary/aromatic N) is 2. The topological polar surface area (TPSA) is 84.0 Å². The van der Waals surface area contributed by atoms with Crippen LogP contribution in [0.5, 0.6) is 0 Å². The lowest BCUT2D eigenvalue weighted by Gasteiger charge is -2.09. The van der Waals surface area contributed by atoms with E-state index in [1.165, 1.54) is 6.20 Å². The summed E-state index contributed by atoms with van der Waals surface area (Å²) in [6.07, 6.45) is 5.03. The fourth-order valence-corrected chi connectivity index (χ4v) is 1.95. The van der Waals surface area contributed by atoms with Crippen molar-refractivity contribution in [1.29, 1.82) is 0 Å². The van der Waals surface area contributed by atoms with Crippen LogP contribution >= 0.6 is 0 Å². The van der Waals surface area contributed by atoms with Crippen molar-refractivity contribution in [3.05, 3.63) is 36.3 Å². The summed E-state index contributed by atoms with van der Waals surface area (Å²) >= 11 is 0. The van der Waals surface area contributed by atoms with Crippen LogP contribution in [0.1, 0.15) is 30.6 Å². The molecular weight excluding hydrogens is 268 g/mol. The number of rotatable bonds is 5. The van der Waals surface area contributed by atoms with Crippen molar-refractivity contribution in [2.75, 3.05) is 6.54 Å². The van der Waals surface area contributed by atoms with Crippen molar-refractivity contribution in [2.24, 2.45) is 0 Å². The van der Waals surface area contributed by atoms with Gasteiger partial charge in [-0.3, -0.25) is 19.6 Å². The molecule has 0 aliphatic heterocycles. The number of amides is 2. The Balaban J connectivity index is 1.98. The zero-order valence-electron chi connectivity index (χ0n) is 12.1. The summed E-state index contributed by atoms with van der Waals surface area (Å²) in [7, 11) is 0. The molecule has 110 valence electrons. The molecular formula is C15H18N4O2. The second-order valence-corrected chi connectivity index (χ2v) is 4.99. The third kappa shape index (κ3) is 3.98. The number of pyridine rings is 2. The molecule has 2 amide bonds. The number of hydrogen-bond donors (Lipinski definition) is 2. The molecule has 0 radical (unpaired) electrons. The normalized spacial score (nSPS) is 10.6. The van der Waals surface area contributed by atoms with Crippen LogP contribution in [0.3, 0.4) is 0 Å². The molecule has 2 aromatic heterocycles. The summed E-state index contributed by atoms with van der Waals surface area (Å²) in [5.41, 5.74) is 1.02. The quantitative estimate of drug-likeness (QED) is 0.867. The van der Waals surface area contributed by atoms with E-state index in [0.29, 0.717) is 11.1 Å². The largest absolute Gasteiger partial charge is 0.354 e. The number of fused-ring (bicyclic) bond motifs is 1. The maximum atomic E-state index is 12.1. The van der Waals surface area contributed by atoms with Gasteiger partial charge in [-0.1, -0.05) is 0 Å². The molecule has 0 fully saturated rings. The average molecular weight is 286 g/mol. The molecule has 6 nitrogen and oxygen atoms in total. The monoisotopic (exact) mass is 286 g/mol. The number of carbonyl (C=O) groups is 2. The Bertz CT molecular complexity index is 650. The molecule has 0 atom stereocenters. The van der Waals surface area contributed by atoms with E-state index in [1.807, 2.05) is 19.9 Å². The molecule has 0 aliphatic rings. The second-order valence-electron chi connectivity index (χ2n) is 4.99. The first kappa shape index (κ1) is 14.9. The highest BCUT2D eigenvalue weighted by Crippen LogP contribution is 2.13. The molecule has 0 spiro atoms. The molecule has 21 heavy (non-hydrogen) atoms. The zero-order valence-corrected chi connectivity index (χ0v) is 12.1. The fourth-order valence-electron chi connectivity index (χ4n) is 1.95. The SMILES string of the molecule is CC(C)NC(=O)CCNC(=O)c1cncc2cccnc12. The van der Waals surface area contributed by atoms with Crippen LogP contribution in [0, 0.1) is 0 Å². The van der Waals surface area contributed by atoms with Crippen LogP contribution in [0.2, 0.25) is 0 Å². The third-order valence-electron chi connectivity index (χ3n) is 2.84. The van der Waals surface area contributed by atoms with Crippen LogP contribution in [0.4, 0.5) is 0 Å². The minimum atomic E-state index is -0.274. The first-order valence-corrected chi connectivity index (χ1v) is 6.84. The lowest BCUT2D eigenvalue weighted by molar-refractivity contribution is -0.121. The van der Waals surface area contributed by atoms with Gasteiger partial charge in [0, 0.05) is 43.0 Å². The van der Waals surface area contributed by atoms with Crippen LogP contribution in [0.15, 0.2) is 30.7 Å². The summed E-state index contributed by atoms with van der Waals surface area (Å²) in [6, 6.07) is 3.74. The smallest absolute Gasteiger partial charge is 0.255 e. The summed E-state index contributed by atoms with van der Waals surface area (Å²) in [4.78, 5) is 31.9. The fraction of sp³-hybridized carbons (Fsp3) is 0.333. The molecule has 0 unspecified atom stereocenters. The lowest BCUT2D eigenvalue weighted by Crippen LogP contribution is -2.34. The van der Waals surface area contributed by atoms with Gasteiger partial charge >= 0.3 is 0 Å². The van der Waals surface area contributed by atoms with Gasteiger partial charge in [0.05, 0.1) is 11.1 Å². The van der Waals surface area contributed by atoms with Gasteiger partial charge in [0.15, 0.2) is 0 Å². The van der Waals surface area contributed by atoms with Crippen molar-refractivity contribution in [2.45, 2.75) is 26.3 Å². The molecule has 2 rings (SSSR count). The van der Waals surface area contributed by atoms with E-state index in [-0.39, 0.29) is 30.8 Å². The van der Waals surface area contributed by atoms with Crippen molar-refractivity contribution in [3.8, 4) is 0 Å². The first-order chi connectivity index (χ1) is 10.1. The van der Waals surface area contributed by atoms with Crippen LogP contribution in [-0.2, 0) is 4.79 Å². The van der Waals surface area contributed by atoms with Crippen LogP contribution in [0.25, 0.3) is 10.9 Å². The van der Waals surface area contributed by atoms with Gasteiger partial charge in [-0.2, -0.15) is 0 Å². The number of carbonyl (C=O) groups excluding carboxylic acids is 2. The van der Waals surface area contributed by atoms with E-state index in [2.05, 4.69) is 20.6 Å². The molecule has 2 N–H and O–H groups in total. The highest BCUT2D eigenvalue weighted by molar-refractivity contribution is 6.04. The van der Waals surface area contributed by atoms with Crippen LogP contribution in [-0.4, -0.2) is 34.4 Å². The van der Waals surface area contributed by atoms with Gasteiger partial charge in [0.25, 0.3) is 5.91 Å². The van der Waals surface area contributed by atoms with Gasteiger partial charge < -0.3 is 10.6 Å². The Morgan fingerprint density at radius 2 is 2.10 bits per heavy atom. The standard InChI is InChI=1S/C15H18N4O2/c1-10(2)19-13(20)5-7-18-15(21)12-9-16-8-11-4-3-6-17-14(11)12/h3-4,6,8-10H,5,7H2,1-2H3,(H,18,21)(H,19,20). The lowest BCUT2D eigenvalue weighted by atomic mass is 10.1. The molecule has 2 heterocycles. The number of hydrogen-bond acceptors (Lipinski definition) is 4. The van der Waals surface area contributed by atoms with Crippen molar-refractivity contribution >= 4 is 22.7 Å².